The summed E-state index contributed by atoms with van der Waals surface area (Å²) < 4.78 is 5.36. The van der Waals surface area contributed by atoms with E-state index in [0.29, 0.717) is 26.0 Å². The Balaban J connectivity index is 1.79. The van der Waals surface area contributed by atoms with E-state index in [2.05, 4.69) is 17.1 Å². The molecule has 0 aromatic heterocycles. The van der Waals surface area contributed by atoms with Crippen LogP contribution in [-0.2, 0) is 14.3 Å². The van der Waals surface area contributed by atoms with Crippen molar-refractivity contribution in [2.24, 2.45) is 5.73 Å². The number of thioether (sulfide) groups is 1. The number of esters is 1. The molecule has 0 aromatic carbocycles. The van der Waals surface area contributed by atoms with E-state index in [1.165, 1.54) is 103 Å². The molecule has 0 saturated carbocycles. The van der Waals surface area contributed by atoms with Crippen molar-refractivity contribution < 1.29 is 14.3 Å². The number of ether oxygens (including phenoxy) is 1. The first-order valence-corrected chi connectivity index (χ1v) is 16.8. The Kier molecular flexibility index (Phi) is 23.6. The summed E-state index contributed by atoms with van der Waals surface area (Å²) in [7, 11) is 0. The van der Waals surface area contributed by atoms with Crippen LogP contribution < -0.4 is 11.1 Å². The number of amides is 1. The van der Waals surface area contributed by atoms with Crippen LogP contribution in [-0.4, -0.2) is 67.1 Å². The normalized spacial score (nSPS) is 14.6. The average molecular weight is 542 g/mol. The van der Waals surface area contributed by atoms with Crippen molar-refractivity contribution in [1.82, 2.24) is 10.2 Å². The zero-order valence-corrected chi connectivity index (χ0v) is 24.9. The molecular formula is C30H59N3O3S. The molecule has 7 heteroatoms. The fraction of sp³-hybridized carbons (Fsp3) is 0.933. The van der Waals surface area contributed by atoms with Crippen LogP contribution in [0, 0.1) is 0 Å². The van der Waals surface area contributed by atoms with Crippen molar-refractivity contribution >= 4 is 23.6 Å². The third-order valence-corrected chi connectivity index (χ3v) is 8.29. The molecule has 218 valence electrons. The van der Waals surface area contributed by atoms with Gasteiger partial charge in [-0.3, -0.25) is 9.59 Å². The number of likely N-dealkylation sites (tertiary alicyclic amines) is 1. The molecule has 1 amide bonds. The van der Waals surface area contributed by atoms with Gasteiger partial charge in [-0.2, -0.15) is 11.8 Å². The van der Waals surface area contributed by atoms with Crippen molar-refractivity contribution in [3.05, 3.63) is 0 Å². The monoisotopic (exact) mass is 541 g/mol. The lowest BCUT2D eigenvalue weighted by Gasteiger charge is -2.15. The van der Waals surface area contributed by atoms with Crippen LogP contribution in [0.4, 0.5) is 0 Å². The third kappa shape index (κ3) is 21.8. The van der Waals surface area contributed by atoms with Gasteiger partial charge in [0.2, 0.25) is 5.91 Å². The Morgan fingerprint density at radius 3 is 2.00 bits per heavy atom. The highest BCUT2D eigenvalue weighted by Gasteiger charge is 2.14. The zero-order chi connectivity index (χ0) is 26.8. The summed E-state index contributed by atoms with van der Waals surface area (Å²) in [5.41, 5.74) is 6.01. The number of hydrogen-bond donors (Lipinski definition) is 2. The molecule has 0 bridgehead atoms. The number of nitrogens with two attached hydrogens (primary N) is 1. The summed E-state index contributed by atoms with van der Waals surface area (Å²) in [5, 5.41) is 2.95. The van der Waals surface area contributed by atoms with Gasteiger partial charge in [0, 0.05) is 12.3 Å². The first-order valence-electron chi connectivity index (χ1n) is 15.6. The maximum atomic E-state index is 12.1. The van der Waals surface area contributed by atoms with Gasteiger partial charge in [0.05, 0.1) is 19.1 Å². The van der Waals surface area contributed by atoms with Gasteiger partial charge in [0.15, 0.2) is 0 Å². The maximum absolute atomic E-state index is 12.1. The number of rotatable bonds is 26. The van der Waals surface area contributed by atoms with E-state index in [4.69, 9.17) is 10.5 Å². The van der Waals surface area contributed by atoms with Crippen LogP contribution in [0.3, 0.4) is 0 Å². The largest absolute Gasteiger partial charge is 0.466 e. The van der Waals surface area contributed by atoms with E-state index in [1.54, 1.807) is 11.8 Å². The highest BCUT2D eigenvalue weighted by atomic mass is 32.2. The van der Waals surface area contributed by atoms with Crippen LogP contribution in [0.15, 0.2) is 0 Å². The SMILES string of the molecule is CCCCCCCCCCCCCCCCOC(=O)CCSCCC(N)C(=O)NCCCN1CCCC1. The van der Waals surface area contributed by atoms with E-state index < -0.39 is 6.04 Å². The number of carbonyl (C=O) groups is 2. The molecule has 1 aliphatic rings. The maximum Gasteiger partial charge on any atom is 0.306 e. The number of hydrogen-bond acceptors (Lipinski definition) is 6. The second-order valence-electron chi connectivity index (χ2n) is 10.8. The molecule has 0 radical (unpaired) electrons. The number of unbranched alkanes of at least 4 members (excludes halogenated alkanes) is 13. The van der Waals surface area contributed by atoms with Gasteiger partial charge < -0.3 is 20.7 Å². The van der Waals surface area contributed by atoms with Crippen LogP contribution in [0.25, 0.3) is 0 Å². The van der Waals surface area contributed by atoms with Crippen LogP contribution in [0.2, 0.25) is 0 Å². The van der Waals surface area contributed by atoms with Gasteiger partial charge in [-0.05, 0) is 57.5 Å². The summed E-state index contributed by atoms with van der Waals surface area (Å²) >= 11 is 1.67. The number of carbonyl (C=O) groups excluding carboxylic acids is 2. The van der Waals surface area contributed by atoms with Gasteiger partial charge in [-0.1, -0.05) is 90.4 Å². The molecule has 1 fully saturated rings. The molecule has 6 nitrogen and oxygen atoms in total. The lowest BCUT2D eigenvalue weighted by Crippen LogP contribution is -2.41. The molecule has 0 spiro atoms. The molecular weight excluding hydrogens is 482 g/mol. The fourth-order valence-electron chi connectivity index (χ4n) is 4.81. The van der Waals surface area contributed by atoms with Crippen molar-refractivity contribution in [3.63, 3.8) is 0 Å². The highest BCUT2D eigenvalue weighted by molar-refractivity contribution is 7.99. The molecule has 1 saturated heterocycles. The Morgan fingerprint density at radius 2 is 1.41 bits per heavy atom. The molecule has 0 aliphatic carbocycles. The minimum Gasteiger partial charge on any atom is -0.466 e. The molecule has 1 atom stereocenters. The standard InChI is InChI=1S/C30H59N3O3S/c1-2-3-4-5-6-7-8-9-10-11-12-13-14-17-25-36-29(34)20-27-37-26-19-28(31)30(35)32-21-18-24-33-22-15-16-23-33/h28H,2-27,31H2,1H3,(H,32,35). The molecule has 37 heavy (non-hydrogen) atoms. The van der Waals surface area contributed by atoms with E-state index in [9.17, 15) is 9.59 Å². The predicted octanol–water partition coefficient (Wildman–Crippen LogP) is 6.45. The van der Waals surface area contributed by atoms with Gasteiger partial charge in [0.1, 0.15) is 0 Å². The second-order valence-corrected chi connectivity index (χ2v) is 12.0. The molecule has 1 heterocycles. The smallest absolute Gasteiger partial charge is 0.306 e. The highest BCUT2D eigenvalue weighted by Crippen LogP contribution is 2.13. The van der Waals surface area contributed by atoms with E-state index in [0.717, 1.165) is 37.3 Å². The van der Waals surface area contributed by atoms with Gasteiger partial charge in [-0.15, -0.1) is 0 Å². The average Bonchev–Trinajstić information content (AvgIpc) is 3.42. The van der Waals surface area contributed by atoms with Gasteiger partial charge in [0.25, 0.3) is 0 Å². The van der Waals surface area contributed by atoms with Crippen LogP contribution in [0.1, 0.15) is 129 Å². The van der Waals surface area contributed by atoms with Crippen molar-refractivity contribution in [1.29, 1.82) is 0 Å². The van der Waals surface area contributed by atoms with Crippen LogP contribution in [0.5, 0.6) is 0 Å². The molecule has 1 rings (SSSR count). The molecule has 1 aliphatic heterocycles. The summed E-state index contributed by atoms with van der Waals surface area (Å²) in [6.45, 7) is 6.96. The number of nitrogens with zero attached hydrogens (tertiary/aromatic N) is 1. The van der Waals surface area contributed by atoms with E-state index in [-0.39, 0.29) is 11.9 Å². The Bertz CT molecular complexity index is 544. The third-order valence-electron chi connectivity index (χ3n) is 7.27. The topological polar surface area (TPSA) is 84.7 Å². The van der Waals surface area contributed by atoms with E-state index in [1.807, 2.05) is 0 Å². The Labute approximate surface area is 233 Å². The molecule has 3 N–H and O–H groups in total. The van der Waals surface area contributed by atoms with Crippen molar-refractivity contribution in [2.75, 3.05) is 44.3 Å². The zero-order valence-electron chi connectivity index (χ0n) is 24.1. The second kappa shape index (κ2) is 25.5. The van der Waals surface area contributed by atoms with E-state index >= 15 is 0 Å². The minimum absolute atomic E-state index is 0.0606. The Morgan fingerprint density at radius 1 is 0.838 bits per heavy atom. The molecule has 1 unspecified atom stereocenters. The lowest BCUT2D eigenvalue weighted by molar-refractivity contribution is -0.143. The number of nitrogens with one attached hydrogen (secondary N) is 1. The first kappa shape index (κ1) is 34.2. The first-order chi connectivity index (χ1) is 18.1. The predicted molar refractivity (Wildman–Crippen MR) is 159 cm³/mol. The van der Waals surface area contributed by atoms with Crippen molar-refractivity contribution in [3.8, 4) is 0 Å². The Hall–Kier alpha value is -0.790. The fourth-order valence-corrected chi connectivity index (χ4v) is 5.74. The molecule has 0 aromatic rings. The quantitative estimate of drug-likeness (QED) is 0.0966. The summed E-state index contributed by atoms with van der Waals surface area (Å²) in [6.07, 6.45) is 23.2. The van der Waals surface area contributed by atoms with Gasteiger partial charge in [-0.25, -0.2) is 0 Å². The summed E-state index contributed by atoms with van der Waals surface area (Å²) in [5.74, 6) is 1.34. The summed E-state index contributed by atoms with van der Waals surface area (Å²) in [6, 6.07) is -0.466. The minimum atomic E-state index is -0.466. The summed E-state index contributed by atoms with van der Waals surface area (Å²) in [4.78, 5) is 26.4. The lowest BCUT2D eigenvalue weighted by atomic mass is 10.0. The van der Waals surface area contributed by atoms with Gasteiger partial charge >= 0.3 is 5.97 Å². The van der Waals surface area contributed by atoms with Crippen molar-refractivity contribution in [2.45, 2.75) is 135 Å². The van der Waals surface area contributed by atoms with Crippen LogP contribution >= 0.6 is 11.8 Å².